The summed E-state index contributed by atoms with van der Waals surface area (Å²) in [6.07, 6.45) is 1.05. The molecule has 0 aromatic carbocycles. The molecular weight excluding hydrogens is 244 g/mol. The van der Waals surface area contributed by atoms with E-state index >= 15 is 0 Å². The van der Waals surface area contributed by atoms with Crippen molar-refractivity contribution in [3.63, 3.8) is 0 Å². The van der Waals surface area contributed by atoms with Crippen LogP contribution in [0.15, 0.2) is 0 Å². The first-order valence-corrected chi connectivity index (χ1v) is 7.31. The molecule has 2 unspecified atom stereocenters. The molecule has 2 atom stereocenters. The quantitative estimate of drug-likeness (QED) is 0.718. The van der Waals surface area contributed by atoms with E-state index in [0.717, 1.165) is 45.8 Å². The van der Waals surface area contributed by atoms with Gasteiger partial charge in [0.05, 0.1) is 19.1 Å². The third kappa shape index (κ3) is 5.89. The fraction of sp³-hybridized carbons (Fsp3) is 0.929. The van der Waals surface area contributed by atoms with Gasteiger partial charge in [0.2, 0.25) is 0 Å². The maximum Gasteiger partial charge on any atom is 0.307 e. The Labute approximate surface area is 116 Å². The molecule has 0 radical (unpaired) electrons. The van der Waals surface area contributed by atoms with Crippen molar-refractivity contribution in [1.82, 2.24) is 9.80 Å². The number of carboxylic acids is 1. The molecule has 0 amide bonds. The molecule has 1 heterocycles. The predicted molar refractivity (Wildman–Crippen MR) is 75.4 cm³/mol. The van der Waals surface area contributed by atoms with Crippen LogP contribution in [0.4, 0.5) is 0 Å². The molecule has 1 fully saturated rings. The van der Waals surface area contributed by atoms with Crippen molar-refractivity contribution < 1.29 is 14.6 Å². The van der Waals surface area contributed by atoms with Crippen LogP contribution in [-0.2, 0) is 9.53 Å². The number of nitrogens with zero attached hydrogens (tertiary/aromatic N) is 2. The lowest BCUT2D eigenvalue weighted by atomic mass is 10.1. The number of aliphatic carboxylic acids is 1. The molecule has 1 aliphatic heterocycles. The molecule has 1 saturated heterocycles. The number of morpholine rings is 1. The fourth-order valence-electron chi connectivity index (χ4n) is 2.27. The van der Waals surface area contributed by atoms with E-state index in [1.807, 2.05) is 0 Å². The van der Waals surface area contributed by atoms with Crippen molar-refractivity contribution in [2.75, 3.05) is 45.9 Å². The van der Waals surface area contributed by atoms with E-state index in [-0.39, 0.29) is 5.92 Å². The number of hydrogen-bond donors (Lipinski definition) is 1. The van der Waals surface area contributed by atoms with E-state index in [0.29, 0.717) is 12.6 Å². The van der Waals surface area contributed by atoms with Gasteiger partial charge in [0.15, 0.2) is 0 Å². The van der Waals surface area contributed by atoms with Crippen molar-refractivity contribution >= 4 is 5.97 Å². The molecule has 0 aromatic rings. The normalized spacial score (nSPS) is 20.4. The Bertz CT molecular complexity index is 267. The van der Waals surface area contributed by atoms with E-state index in [1.54, 1.807) is 6.92 Å². The van der Waals surface area contributed by atoms with Crippen molar-refractivity contribution in [2.45, 2.75) is 33.2 Å². The van der Waals surface area contributed by atoms with Gasteiger partial charge in [0.1, 0.15) is 0 Å². The molecule has 5 nitrogen and oxygen atoms in total. The van der Waals surface area contributed by atoms with Crippen LogP contribution in [0.5, 0.6) is 0 Å². The first-order valence-electron chi connectivity index (χ1n) is 7.31. The van der Waals surface area contributed by atoms with Crippen LogP contribution < -0.4 is 0 Å². The van der Waals surface area contributed by atoms with Gasteiger partial charge in [-0.25, -0.2) is 0 Å². The highest BCUT2D eigenvalue weighted by Crippen LogP contribution is 2.09. The standard InChI is InChI=1S/C14H28N2O3/c1-4-13(3)16(11-12(2)14(17)18)6-5-15-7-9-19-10-8-15/h12-13H,4-11H2,1-3H3,(H,17,18). The minimum atomic E-state index is -0.709. The Hall–Kier alpha value is -0.650. The number of rotatable bonds is 8. The van der Waals surface area contributed by atoms with Crippen molar-refractivity contribution in [1.29, 1.82) is 0 Å². The maximum atomic E-state index is 11.0. The van der Waals surface area contributed by atoms with E-state index in [2.05, 4.69) is 23.6 Å². The summed E-state index contributed by atoms with van der Waals surface area (Å²) in [6, 6.07) is 0.433. The molecule has 0 aromatic heterocycles. The molecular formula is C14H28N2O3. The van der Waals surface area contributed by atoms with Gasteiger partial charge in [0.25, 0.3) is 0 Å². The zero-order valence-corrected chi connectivity index (χ0v) is 12.5. The summed E-state index contributed by atoms with van der Waals surface area (Å²) in [5, 5.41) is 9.05. The molecule has 19 heavy (non-hydrogen) atoms. The van der Waals surface area contributed by atoms with E-state index < -0.39 is 5.97 Å². The van der Waals surface area contributed by atoms with Gasteiger partial charge < -0.3 is 9.84 Å². The van der Waals surface area contributed by atoms with Crippen molar-refractivity contribution in [3.8, 4) is 0 Å². The molecule has 0 aliphatic carbocycles. The molecule has 0 spiro atoms. The molecule has 112 valence electrons. The lowest BCUT2D eigenvalue weighted by Gasteiger charge is -2.33. The topological polar surface area (TPSA) is 53.0 Å². The van der Waals surface area contributed by atoms with Crippen LogP contribution in [-0.4, -0.2) is 72.9 Å². The van der Waals surface area contributed by atoms with Gasteiger partial charge in [0, 0.05) is 38.8 Å². The second-order valence-electron chi connectivity index (χ2n) is 5.45. The highest BCUT2D eigenvalue weighted by Gasteiger charge is 2.20. The van der Waals surface area contributed by atoms with E-state index in [4.69, 9.17) is 9.84 Å². The fourth-order valence-corrected chi connectivity index (χ4v) is 2.27. The second-order valence-corrected chi connectivity index (χ2v) is 5.45. The molecule has 1 rings (SSSR count). The van der Waals surface area contributed by atoms with Gasteiger partial charge >= 0.3 is 5.97 Å². The van der Waals surface area contributed by atoms with Crippen LogP contribution >= 0.6 is 0 Å². The Morgan fingerprint density at radius 1 is 1.37 bits per heavy atom. The Kier molecular flexibility index (Phi) is 7.34. The van der Waals surface area contributed by atoms with Crippen LogP contribution in [0.1, 0.15) is 27.2 Å². The van der Waals surface area contributed by atoms with Crippen molar-refractivity contribution in [2.24, 2.45) is 5.92 Å². The predicted octanol–water partition coefficient (Wildman–Crippen LogP) is 1.14. The summed E-state index contributed by atoms with van der Waals surface area (Å²) in [4.78, 5) is 15.7. The number of ether oxygens (including phenoxy) is 1. The Morgan fingerprint density at radius 2 is 2.00 bits per heavy atom. The first kappa shape index (κ1) is 16.4. The smallest absolute Gasteiger partial charge is 0.307 e. The summed E-state index contributed by atoms with van der Waals surface area (Å²) in [7, 11) is 0. The maximum absolute atomic E-state index is 11.0. The van der Waals surface area contributed by atoms with Crippen LogP contribution in [0.25, 0.3) is 0 Å². The first-order chi connectivity index (χ1) is 9.04. The summed E-state index contributed by atoms with van der Waals surface area (Å²) in [5.74, 6) is -1.02. The van der Waals surface area contributed by atoms with Gasteiger partial charge in [-0.15, -0.1) is 0 Å². The number of carboxylic acid groups (broad SMARTS) is 1. The average molecular weight is 272 g/mol. The van der Waals surface area contributed by atoms with Crippen molar-refractivity contribution in [3.05, 3.63) is 0 Å². The lowest BCUT2D eigenvalue weighted by Crippen LogP contribution is -2.45. The monoisotopic (exact) mass is 272 g/mol. The largest absolute Gasteiger partial charge is 0.481 e. The highest BCUT2D eigenvalue weighted by molar-refractivity contribution is 5.69. The highest BCUT2D eigenvalue weighted by atomic mass is 16.5. The summed E-state index contributed by atoms with van der Waals surface area (Å²) in [5.41, 5.74) is 0. The van der Waals surface area contributed by atoms with E-state index in [9.17, 15) is 4.79 Å². The Morgan fingerprint density at radius 3 is 2.53 bits per heavy atom. The summed E-state index contributed by atoms with van der Waals surface area (Å²) < 4.78 is 5.34. The minimum Gasteiger partial charge on any atom is -0.481 e. The van der Waals surface area contributed by atoms with Gasteiger partial charge in [-0.1, -0.05) is 13.8 Å². The minimum absolute atomic E-state index is 0.307. The second kappa shape index (κ2) is 8.51. The zero-order chi connectivity index (χ0) is 14.3. The molecule has 1 aliphatic rings. The average Bonchev–Trinajstić information content (AvgIpc) is 2.43. The van der Waals surface area contributed by atoms with Gasteiger partial charge in [-0.05, 0) is 13.3 Å². The van der Waals surface area contributed by atoms with Crippen LogP contribution in [0, 0.1) is 5.92 Å². The molecule has 5 heteroatoms. The number of hydrogen-bond acceptors (Lipinski definition) is 4. The lowest BCUT2D eigenvalue weighted by molar-refractivity contribution is -0.141. The molecule has 0 bridgehead atoms. The summed E-state index contributed by atoms with van der Waals surface area (Å²) >= 11 is 0. The van der Waals surface area contributed by atoms with E-state index in [1.165, 1.54) is 0 Å². The number of carbonyl (C=O) groups is 1. The Balaban J connectivity index is 2.42. The molecule has 0 saturated carbocycles. The zero-order valence-electron chi connectivity index (χ0n) is 12.5. The van der Waals surface area contributed by atoms with Crippen LogP contribution in [0.2, 0.25) is 0 Å². The van der Waals surface area contributed by atoms with Gasteiger partial charge in [-0.3, -0.25) is 14.6 Å². The third-order valence-electron chi connectivity index (χ3n) is 3.95. The molecule has 1 N–H and O–H groups in total. The summed E-state index contributed by atoms with van der Waals surface area (Å²) in [6.45, 7) is 12.3. The SMILES string of the molecule is CCC(C)N(CCN1CCOCC1)CC(C)C(=O)O. The third-order valence-corrected chi connectivity index (χ3v) is 3.95. The van der Waals surface area contributed by atoms with Crippen LogP contribution in [0.3, 0.4) is 0 Å². The van der Waals surface area contributed by atoms with Gasteiger partial charge in [-0.2, -0.15) is 0 Å².